The van der Waals surface area contributed by atoms with Crippen LogP contribution >= 0.6 is 0 Å². The summed E-state index contributed by atoms with van der Waals surface area (Å²) in [5.41, 5.74) is 1.65. The number of nitrogens with zero attached hydrogens (tertiary/aromatic N) is 3. The van der Waals surface area contributed by atoms with Gasteiger partial charge in [-0.15, -0.1) is 0 Å². The molecule has 0 radical (unpaired) electrons. The molecule has 3 N–H and O–H groups in total. The molecule has 21 heavy (non-hydrogen) atoms. The average Bonchev–Trinajstić information content (AvgIpc) is 2.43. The van der Waals surface area contributed by atoms with Gasteiger partial charge >= 0.3 is 0 Å². The first-order valence-electron chi connectivity index (χ1n) is 6.55. The summed E-state index contributed by atoms with van der Waals surface area (Å²) >= 11 is 0. The predicted molar refractivity (Wildman–Crippen MR) is 75.6 cm³/mol. The van der Waals surface area contributed by atoms with Gasteiger partial charge in [-0.05, 0) is 20.0 Å². The van der Waals surface area contributed by atoms with Gasteiger partial charge in [0.1, 0.15) is 0 Å². The monoisotopic (exact) mass is 295 g/mol. The Morgan fingerprint density at radius 3 is 2.29 bits per heavy atom. The second-order valence-corrected chi connectivity index (χ2v) is 5.30. The van der Waals surface area contributed by atoms with E-state index in [0.717, 1.165) is 0 Å². The Morgan fingerprint density at radius 1 is 1.29 bits per heavy atom. The van der Waals surface area contributed by atoms with E-state index in [1.165, 1.54) is 17.9 Å². The Hall–Kier alpha value is -2.06. The van der Waals surface area contributed by atoms with E-state index >= 15 is 0 Å². The first-order valence-corrected chi connectivity index (χ1v) is 6.55. The van der Waals surface area contributed by atoms with Crippen molar-refractivity contribution in [3.05, 3.63) is 23.8 Å². The van der Waals surface area contributed by atoms with Crippen LogP contribution in [0.4, 0.5) is 0 Å². The van der Waals surface area contributed by atoms with Gasteiger partial charge in [0, 0.05) is 12.4 Å². The summed E-state index contributed by atoms with van der Waals surface area (Å²) < 4.78 is 0. The van der Waals surface area contributed by atoms with Gasteiger partial charge in [-0.3, -0.25) is 14.8 Å². The van der Waals surface area contributed by atoms with E-state index in [-0.39, 0.29) is 30.0 Å². The molecule has 1 atom stereocenters. The van der Waals surface area contributed by atoms with Crippen molar-refractivity contribution in [2.24, 2.45) is 5.92 Å². The van der Waals surface area contributed by atoms with E-state index in [1.54, 1.807) is 4.90 Å². The van der Waals surface area contributed by atoms with Gasteiger partial charge in [-0.2, -0.15) is 0 Å². The minimum atomic E-state index is -0.681. The molecule has 8 heteroatoms. The van der Waals surface area contributed by atoms with Crippen molar-refractivity contribution in [2.45, 2.75) is 19.9 Å². The Bertz CT molecular complexity index is 487. The number of carbonyl (C=O) groups is 2. The van der Waals surface area contributed by atoms with E-state index in [4.69, 9.17) is 5.21 Å². The molecular formula is C13H21N5O3. The first kappa shape index (κ1) is 17.0. The van der Waals surface area contributed by atoms with Gasteiger partial charge in [0.15, 0.2) is 5.82 Å². The summed E-state index contributed by atoms with van der Waals surface area (Å²) in [6.45, 7) is 4.16. The van der Waals surface area contributed by atoms with Crippen LogP contribution in [-0.2, 0) is 4.79 Å². The van der Waals surface area contributed by atoms with Crippen LogP contribution in [0.15, 0.2) is 12.4 Å². The molecule has 0 bridgehead atoms. The summed E-state index contributed by atoms with van der Waals surface area (Å²) in [7, 11) is 3.62. The topological polar surface area (TPSA) is 107 Å². The summed E-state index contributed by atoms with van der Waals surface area (Å²) in [6.07, 6.45) is 2.61. The quantitative estimate of drug-likeness (QED) is 0.502. The SMILES string of the molecule is CC(C)C(NC(=O)CN(C)C)c1ncc(C(=O)NO)cn1. The molecule has 1 aromatic heterocycles. The third-order valence-corrected chi connectivity index (χ3v) is 2.76. The highest BCUT2D eigenvalue weighted by Gasteiger charge is 2.21. The second kappa shape index (κ2) is 7.65. The molecule has 116 valence electrons. The number of likely N-dealkylation sites (N-methyl/N-ethyl adjacent to an activating group) is 1. The van der Waals surface area contributed by atoms with E-state index in [2.05, 4.69) is 15.3 Å². The van der Waals surface area contributed by atoms with Crippen LogP contribution in [0.25, 0.3) is 0 Å². The molecule has 0 saturated carbocycles. The van der Waals surface area contributed by atoms with Crippen molar-refractivity contribution in [3.63, 3.8) is 0 Å². The average molecular weight is 295 g/mol. The summed E-state index contributed by atoms with van der Waals surface area (Å²) in [6, 6.07) is -0.344. The van der Waals surface area contributed by atoms with Crippen LogP contribution < -0.4 is 10.8 Å². The number of nitrogens with one attached hydrogen (secondary N) is 2. The minimum Gasteiger partial charge on any atom is -0.345 e. The Morgan fingerprint density at radius 2 is 1.86 bits per heavy atom. The zero-order valence-electron chi connectivity index (χ0n) is 12.6. The molecule has 0 spiro atoms. The maximum atomic E-state index is 11.9. The van der Waals surface area contributed by atoms with Gasteiger partial charge in [-0.25, -0.2) is 15.4 Å². The number of amides is 2. The molecule has 0 aliphatic carbocycles. The predicted octanol–water partition coefficient (Wildman–Crippen LogP) is -0.0295. The van der Waals surface area contributed by atoms with Gasteiger partial charge in [0.25, 0.3) is 5.91 Å². The third-order valence-electron chi connectivity index (χ3n) is 2.76. The van der Waals surface area contributed by atoms with Crippen LogP contribution in [-0.4, -0.2) is 52.5 Å². The zero-order valence-corrected chi connectivity index (χ0v) is 12.6. The molecule has 0 saturated heterocycles. The van der Waals surface area contributed by atoms with Crippen molar-refractivity contribution in [1.29, 1.82) is 0 Å². The number of carbonyl (C=O) groups excluding carboxylic acids is 2. The molecule has 1 unspecified atom stereocenters. The zero-order chi connectivity index (χ0) is 16.0. The first-order chi connectivity index (χ1) is 9.85. The van der Waals surface area contributed by atoms with E-state index in [9.17, 15) is 9.59 Å². The second-order valence-electron chi connectivity index (χ2n) is 5.30. The summed E-state index contributed by atoms with van der Waals surface area (Å²) in [5, 5.41) is 11.4. The number of hydrogen-bond donors (Lipinski definition) is 3. The van der Waals surface area contributed by atoms with Crippen molar-refractivity contribution < 1.29 is 14.8 Å². The Labute approximate surface area is 123 Å². The minimum absolute atomic E-state index is 0.0913. The van der Waals surface area contributed by atoms with Crippen LogP contribution in [0.5, 0.6) is 0 Å². The molecule has 1 heterocycles. The molecular weight excluding hydrogens is 274 g/mol. The van der Waals surface area contributed by atoms with Crippen molar-refractivity contribution in [3.8, 4) is 0 Å². The molecule has 0 aliphatic rings. The molecule has 0 aromatic carbocycles. The van der Waals surface area contributed by atoms with Gasteiger partial charge in [0.05, 0.1) is 18.2 Å². The lowest BCUT2D eigenvalue weighted by Gasteiger charge is -2.22. The Balaban J connectivity index is 2.86. The highest BCUT2D eigenvalue weighted by molar-refractivity contribution is 5.92. The fourth-order valence-electron chi connectivity index (χ4n) is 1.72. The maximum Gasteiger partial charge on any atom is 0.277 e. The lowest BCUT2D eigenvalue weighted by atomic mass is 10.0. The van der Waals surface area contributed by atoms with Gasteiger partial charge in [0.2, 0.25) is 5.91 Å². The lowest BCUT2D eigenvalue weighted by molar-refractivity contribution is -0.122. The molecule has 0 fully saturated rings. The normalized spacial score (nSPS) is 12.3. The van der Waals surface area contributed by atoms with Crippen molar-refractivity contribution in [2.75, 3.05) is 20.6 Å². The third kappa shape index (κ3) is 5.09. The molecule has 1 rings (SSSR count). The van der Waals surface area contributed by atoms with Crippen molar-refractivity contribution in [1.82, 2.24) is 25.7 Å². The fraction of sp³-hybridized carbons (Fsp3) is 0.538. The van der Waals surface area contributed by atoms with E-state index in [1.807, 2.05) is 27.9 Å². The van der Waals surface area contributed by atoms with Crippen LogP contribution in [0.1, 0.15) is 36.1 Å². The van der Waals surface area contributed by atoms with Crippen LogP contribution in [0.3, 0.4) is 0 Å². The highest BCUT2D eigenvalue weighted by atomic mass is 16.5. The molecule has 2 amide bonds. The van der Waals surface area contributed by atoms with Gasteiger partial charge in [-0.1, -0.05) is 13.8 Å². The molecule has 1 aromatic rings. The number of aromatic nitrogens is 2. The fourth-order valence-corrected chi connectivity index (χ4v) is 1.72. The number of rotatable bonds is 6. The maximum absolute atomic E-state index is 11.9. The largest absolute Gasteiger partial charge is 0.345 e. The summed E-state index contributed by atoms with van der Waals surface area (Å²) in [4.78, 5) is 33.0. The smallest absolute Gasteiger partial charge is 0.277 e. The van der Waals surface area contributed by atoms with Crippen molar-refractivity contribution >= 4 is 11.8 Å². The van der Waals surface area contributed by atoms with Gasteiger partial charge < -0.3 is 10.2 Å². The lowest BCUT2D eigenvalue weighted by Crippen LogP contribution is -2.38. The highest BCUT2D eigenvalue weighted by Crippen LogP contribution is 2.17. The number of hydrogen-bond acceptors (Lipinski definition) is 6. The van der Waals surface area contributed by atoms with E-state index in [0.29, 0.717) is 5.82 Å². The Kier molecular flexibility index (Phi) is 6.19. The molecule has 8 nitrogen and oxygen atoms in total. The number of hydroxylamine groups is 1. The van der Waals surface area contributed by atoms with E-state index < -0.39 is 5.91 Å². The standard InChI is InChI=1S/C13H21N5O3/c1-8(2)11(16-10(19)7-18(3)4)12-14-5-9(6-15-12)13(20)17-21/h5-6,8,11,21H,7H2,1-4H3,(H,16,19)(H,17,20). The van der Waals surface area contributed by atoms with Crippen LogP contribution in [0.2, 0.25) is 0 Å². The summed E-state index contributed by atoms with van der Waals surface area (Å²) in [5.74, 6) is -0.293. The van der Waals surface area contributed by atoms with Crippen LogP contribution in [0, 0.1) is 5.92 Å². The molecule has 0 aliphatic heterocycles.